The smallest absolute Gasteiger partial charge is 0.334 e. The van der Waals surface area contributed by atoms with E-state index < -0.39 is 21.8 Å². The van der Waals surface area contributed by atoms with E-state index in [9.17, 15) is 9.59 Å². The number of rotatable bonds is 6. The van der Waals surface area contributed by atoms with Gasteiger partial charge in [0.1, 0.15) is 0 Å². The van der Waals surface area contributed by atoms with Crippen LogP contribution in [0.25, 0.3) is 0 Å². The first-order valence-corrected chi connectivity index (χ1v) is 6.66. The summed E-state index contributed by atoms with van der Waals surface area (Å²) in [6.45, 7) is 17.1. The van der Waals surface area contributed by atoms with Crippen molar-refractivity contribution in [2.75, 3.05) is 0 Å². The van der Waals surface area contributed by atoms with Crippen LogP contribution in [0.1, 0.15) is 41.5 Å². The van der Waals surface area contributed by atoms with Crippen LogP contribution in [0.3, 0.4) is 0 Å². The van der Waals surface area contributed by atoms with Crippen molar-refractivity contribution >= 4 is 23.7 Å². The third-order valence-electron chi connectivity index (χ3n) is 1.87. The van der Waals surface area contributed by atoms with Gasteiger partial charge in [-0.15, -0.1) is 0 Å². The van der Waals surface area contributed by atoms with Crippen molar-refractivity contribution in [2.45, 2.75) is 51.4 Å². The molecule has 0 saturated carbocycles. The summed E-state index contributed by atoms with van der Waals surface area (Å²) < 4.78 is 10.6. The minimum Gasteiger partial charge on any atom is -0.445 e. The quantitative estimate of drug-likeness (QED) is 0.425. The van der Waals surface area contributed by atoms with Crippen LogP contribution in [0, 0.1) is 0 Å². The Morgan fingerprint density at radius 1 is 0.842 bits per heavy atom. The van der Waals surface area contributed by atoms with Crippen LogP contribution in [0.5, 0.6) is 0 Å². The summed E-state index contributed by atoms with van der Waals surface area (Å²) in [4.78, 5) is 21.4. The lowest BCUT2D eigenvalue weighted by Crippen LogP contribution is -2.34. The maximum atomic E-state index is 11.5. The molecule has 0 saturated heterocycles. The molecular weight excluding hydrogens is 264 g/mol. The predicted octanol–water partition coefficient (Wildman–Crippen LogP) is 3.43. The number of carbonyl (C=O) groups is 2. The van der Waals surface area contributed by atoms with Crippen LogP contribution in [0.2, 0.25) is 0 Å². The van der Waals surface area contributed by atoms with Gasteiger partial charge >= 0.3 is 11.9 Å². The molecule has 0 unspecified atom stereocenters. The van der Waals surface area contributed by atoms with E-state index in [4.69, 9.17) is 9.47 Å². The van der Waals surface area contributed by atoms with Crippen molar-refractivity contribution in [3.8, 4) is 0 Å². The van der Waals surface area contributed by atoms with E-state index in [1.807, 2.05) is 0 Å². The Kier molecular flexibility index (Phi) is 5.87. The summed E-state index contributed by atoms with van der Waals surface area (Å²) in [7, 11) is 0. The molecule has 0 aliphatic heterocycles. The molecule has 0 fully saturated rings. The molecule has 0 aliphatic carbocycles. The molecule has 108 valence electrons. The zero-order valence-corrected chi connectivity index (χ0v) is 13.3. The molecular formula is C14H22O4S. The Labute approximate surface area is 119 Å². The number of hydrogen-bond acceptors (Lipinski definition) is 5. The number of ether oxygens (including phenoxy) is 2. The minimum absolute atomic E-state index is 0.324. The molecule has 0 amide bonds. The Bertz CT molecular complexity index is 370. The lowest BCUT2D eigenvalue weighted by Gasteiger charge is -2.33. The van der Waals surface area contributed by atoms with E-state index in [-0.39, 0.29) is 0 Å². The molecule has 5 heteroatoms. The molecule has 0 N–H and O–H groups in total. The molecule has 4 nitrogen and oxygen atoms in total. The molecule has 0 aliphatic rings. The molecule has 0 aromatic rings. The molecule has 0 spiro atoms. The Morgan fingerprint density at radius 3 is 1.32 bits per heavy atom. The van der Waals surface area contributed by atoms with Crippen molar-refractivity contribution in [2.24, 2.45) is 0 Å². The standard InChI is InChI=1S/C14H22O4S/c1-9(2)11(15)17-13(5,6)19-14(7,8)18-12(16)10(3)4/h1,3H2,2,4-8H3. The molecule has 19 heavy (non-hydrogen) atoms. The van der Waals surface area contributed by atoms with E-state index in [0.29, 0.717) is 11.1 Å². The highest BCUT2D eigenvalue weighted by Crippen LogP contribution is 2.38. The average molecular weight is 286 g/mol. The summed E-state index contributed by atoms with van der Waals surface area (Å²) in [5, 5.41) is 0. The Morgan fingerprint density at radius 2 is 1.11 bits per heavy atom. The first kappa shape index (κ1) is 17.8. The summed E-state index contributed by atoms with van der Waals surface area (Å²) in [5.74, 6) is -0.945. The van der Waals surface area contributed by atoms with Gasteiger partial charge in [0, 0.05) is 11.1 Å². The van der Waals surface area contributed by atoms with Crippen molar-refractivity contribution in [1.82, 2.24) is 0 Å². The van der Waals surface area contributed by atoms with Gasteiger partial charge in [0.05, 0.1) is 0 Å². The highest BCUT2D eigenvalue weighted by atomic mass is 32.2. The monoisotopic (exact) mass is 286 g/mol. The summed E-state index contributed by atoms with van der Waals surface area (Å²) in [5.41, 5.74) is 0.649. The van der Waals surface area contributed by atoms with Gasteiger partial charge in [-0.2, -0.15) is 0 Å². The summed E-state index contributed by atoms with van der Waals surface area (Å²) >= 11 is 1.23. The van der Waals surface area contributed by atoms with Gasteiger partial charge in [0.25, 0.3) is 0 Å². The molecule has 0 radical (unpaired) electrons. The molecule has 0 aromatic carbocycles. The highest BCUT2D eigenvalue weighted by molar-refractivity contribution is 8.01. The van der Waals surface area contributed by atoms with Crippen molar-refractivity contribution in [3.05, 3.63) is 24.3 Å². The normalized spacial score (nSPS) is 11.7. The zero-order chi connectivity index (χ0) is 15.4. The highest BCUT2D eigenvalue weighted by Gasteiger charge is 2.35. The van der Waals surface area contributed by atoms with E-state index in [1.54, 1.807) is 41.5 Å². The maximum Gasteiger partial charge on any atom is 0.334 e. The van der Waals surface area contributed by atoms with E-state index in [1.165, 1.54) is 11.8 Å². The van der Waals surface area contributed by atoms with E-state index in [2.05, 4.69) is 13.2 Å². The molecule has 0 bridgehead atoms. The largest absolute Gasteiger partial charge is 0.445 e. The van der Waals surface area contributed by atoms with Crippen LogP contribution in [0.4, 0.5) is 0 Å². The van der Waals surface area contributed by atoms with Gasteiger partial charge in [-0.1, -0.05) is 24.9 Å². The van der Waals surface area contributed by atoms with E-state index in [0.717, 1.165) is 0 Å². The van der Waals surface area contributed by atoms with Crippen LogP contribution in [-0.2, 0) is 19.1 Å². The third-order valence-corrected chi connectivity index (χ3v) is 3.02. The fourth-order valence-corrected chi connectivity index (χ4v) is 2.67. The Balaban J connectivity index is 4.71. The van der Waals surface area contributed by atoms with Crippen LogP contribution in [-0.4, -0.2) is 21.8 Å². The minimum atomic E-state index is -0.838. The number of carbonyl (C=O) groups excluding carboxylic acids is 2. The molecule has 0 aromatic heterocycles. The molecule has 0 rings (SSSR count). The second kappa shape index (κ2) is 6.28. The second-order valence-corrected chi connectivity index (χ2v) is 7.41. The van der Waals surface area contributed by atoms with Gasteiger partial charge in [0.2, 0.25) is 0 Å². The molecule has 0 atom stereocenters. The van der Waals surface area contributed by atoms with Crippen LogP contribution < -0.4 is 0 Å². The number of esters is 2. The van der Waals surface area contributed by atoms with Gasteiger partial charge in [-0.3, -0.25) is 0 Å². The van der Waals surface area contributed by atoms with Crippen LogP contribution in [0.15, 0.2) is 24.3 Å². The van der Waals surface area contributed by atoms with E-state index >= 15 is 0 Å². The molecule has 0 heterocycles. The predicted molar refractivity (Wildman–Crippen MR) is 77.6 cm³/mol. The second-order valence-electron chi connectivity index (χ2n) is 5.24. The van der Waals surface area contributed by atoms with Crippen molar-refractivity contribution < 1.29 is 19.1 Å². The number of thioether (sulfide) groups is 1. The third kappa shape index (κ3) is 7.06. The topological polar surface area (TPSA) is 52.6 Å². The fourth-order valence-electron chi connectivity index (χ4n) is 1.25. The summed E-state index contributed by atoms with van der Waals surface area (Å²) in [6, 6.07) is 0. The zero-order valence-electron chi connectivity index (χ0n) is 12.5. The first-order chi connectivity index (χ1) is 8.36. The van der Waals surface area contributed by atoms with Crippen molar-refractivity contribution in [1.29, 1.82) is 0 Å². The Hall–Kier alpha value is -1.23. The number of hydrogen-bond donors (Lipinski definition) is 0. The fraction of sp³-hybridized carbons (Fsp3) is 0.571. The maximum absolute atomic E-state index is 11.5. The van der Waals surface area contributed by atoms with Gasteiger partial charge in [-0.25, -0.2) is 9.59 Å². The average Bonchev–Trinajstić information content (AvgIpc) is 2.13. The lowest BCUT2D eigenvalue weighted by molar-refractivity contribution is -0.145. The lowest BCUT2D eigenvalue weighted by atomic mass is 10.3. The summed E-state index contributed by atoms with van der Waals surface area (Å²) in [6.07, 6.45) is 0. The first-order valence-electron chi connectivity index (χ1n) is 5.84. The van der Waals surface area contributed by atoms with Crippen molar-refractivity contribution in [3.63, 3.8) is 0 Å². The van der Waals surface area contributed by atoms with Gasteiger partial charge in [0.15, 0.2) is 9.87 Å². The van der Waals surface area contributed by atoms with Gasteiger partial charge < -0.3 is 9.47 Å². The SMILES string of the molecule is C=C(C)C(=O)OC(C)(C)SC(C)(C)OC(=O)C(=C)C. The van der Waals surface area contributed by atoms with Crippen LogP contribution >= 0.6 is 11.8 Å². The van der Waals surface area contributed by atoms with Gasteiger partial charge in [-0.05, 0) is 41.5 Å².